The Hall–Kier alpha value is -2.24. The van der Waals surface area contributed by atoms with Crippen LogP contribution >= 0.6 is 0 Å². The van der Waals surface area contributed by atoms with E-state index in [-0.39, 0.29) is 0 Å². The van der Waals surface area contributed by atoms with Crippen LogP contribution in [0.15, 0.2) is 24.3 Å². The second kappa shape index (κ2) is 6.94. The molecular weight excluding hydrogens is 318 g/mol. The summed E-state index contributed by atoms with van der Waals surface area (Å²) in [6.07, 6.45) is -0.632. The van der Waals surface area contributed by atoms with E-state index < -0.39 is 6.10 Å². The minimum Gasteiger partial charge on any atom is -0.508 e. The molecule has 1 atom stereocenters. The molecule has 2 N–H and O–H groups in total. The van der Waals surface area contributed by atoms with Crippen LogP contribution in [-0.4, -0.2) is 35.9 Å². The van der Waals surface area contributed by atoms with Crippen molar-refractivity contribution in [1.29, 1.82) is 0 Å². The van der Waals surface area contributed by atoms with Crippen LogP contribution < -0.4 is 9.47 Å². The number of aliphatic hydroxyl groups is 1. The summed E-state index contributed by atoms with van der Waals surface area (Å²) in [6, 6.07) is 7.52. The number of aliphatic hydroxyl groups excluding tert-OH is 1. The summed E-state index contributed by atoms with van der Waals surface area (Å²) in [6.45, 7) is 5.78. The van der Waals surface area contributed by atoms with Crippen molar-refractivity contribution in [3.63, 3.8) is 0 Å². The molecule has 134 valence electrons. The number of β-amino-alcohol motifs (C(OH)–C–C–N with tert-alkyl or cyclic N) is 1. The maximum atomic E-state index is 10.7. The molecule has 1 unspecified atom stereocenters. The minimum atomic E-state index is -0.632. The molecule has 2 aromatic rings. The summed E-state index contributed by atoms with van der Waals surface area (Å²) >= 11 is 0. The zero-order valence-electron chi connectivity index (χ0n) is 15.2. The van der Waals surface area contributed by atoms with E-state index in [1.165, 1.54) is 0 Å². The Kier molecular flexibility index (Phi) is 4.88. The smallest absolute Gasteiger partial charge is 0.125 e. The molecule has 0 aliphatic carbocycles. The van der Waals surface area contributed by atoms with E-state index in [1.54, 1.807) is 20.3 Å². The van der Waals surface area contributed by atoms with Crippen molar-refractivity contribution >= 4 is 0 Å². The predicted octanol–water partition coefficient (Wildman–Crippen LogP) is 3.08. The van der Waals surface area contributed by atoms with Crippen LogP contribution in [0, 0.1) is 13.8 Å². The molecule has 0 fully saturated rings. The zero-order chi connectivity index (χ0) is 18.1. The summed E-state index contributed by atoms with van der Waals surface area (Å²) in [5.41, 5.74) is 4.83. The predicted molar refractivity (Wildman–Crippen MR) is 96.2 cm³/mol. The summed E-state index contributed by atoms with van der Waals surface area (Å²) in [4.78, 5) is 2.19. The van der Waals surface area contributed by atoms with Gasteiger partial charge in [0, 0.05) is 30.8 Å². The number of fused-ring (bicyclic) bond motifs is 1. The maximum absolute atomic E-state index is 10.7. The number of phenols is 1. The Bertz CT molecular complexity index is 788. The molecule has 0 amide bonds. The molecule has 0 spiro atoms. The van der Waals surface area contributed by atoms with Gasteiger partial charge < -0.3 is 19.7 Å². The molecular formula is C20H25NO4. The van der Waals surface area contributed by atoms with Crippen molar-refractivity contribution < 1.29 is 19.7 Å². The number of nitrogens with zero attached hydrogens (tertiary/aromatic N) is 1. The van der Waals surface area contributed by atoms with Crippen LogP contribution in [-0.2, 0) is 13.1 Å². The molecule has 3 rings (SSSR count). The summed E-state index contributed by atoms with van der Waals surface area (Å²) in [5, 5.41) is 20.5. The van der Waals surface area contributed by atoms with Crippen molar-refractivity contribution in [3.8, 4) is 17.2 Å². The van der Waals surface area contributed by atoms with Gasteiger partial charge in [0.2, 0.25) is 0 Å². The first-order valence-electron chi connectivity index (χ1n) is 8.37. The van der Waals surface area contributed by atoms with Gasteiger partial charge in [-0.05, 0) is 48.7 Å². The van der Waals surface area contributed by atoms with E-state index in [0.717, 1.165) is 33.6 Å². The van der Waals surface area contributed by atoms with Crippen LogP contribution in [0.4, 0.5) is 0 Å². The molecule has 5 heteroatoms. The molecule has 0 aromatic heterocycles. The second-order valence-corrected chi connectivity index (χ2v) is 6.61. The van der Waals surface area contributed by atoms with E-state index in [0.29, 0.717) is 31.1 Å². The van der Waals surface area contributed by atoms with Gasteiger partial charge in [-0.1, -0.05) is 6.07 Å². The number of hydrogen-bond acceptors (Lipinski definition) is 5. The van der Waals surface area contributed by atoms with Crippen molar-refractivity contribution in [2.24, 2.45) is 0 Å². The van der Waals surface area contributed by atoms with E-state index in [2.05, 4.69) is 4.90 Å². The van der Waals surface area contributed by atoms with Gasteiger partial charge in [0.15, 0.2) is 0 Å². The van der Waals surface area contributed by atoms with Crippen LogP contribution in [0.25, 0.3) is 0 Å². The molecule has 0 saturated heterocycles. The van der Waals surface area contributed by atoms with Crippen molar-refractivity contribution in [1.82, 2.24) is 4.90 Å². The monoisotopic (exact) mass is 343 g/mol. The fourth-order valence-corrected chi connectivity index (χ4v) is 3.54. The van der Waals surface area contributed by atoms with Crippen LogP contribution in [0.3, 0.4) is 0 Å². The van der Waals surface area contributed by atoms with E-state index in [4.69, 9.17) is 9.47 Å². The Morgan fingerprint density at radius 3 is 2.44 bits per heavy atom. The van der Waals surface area contributed by atoms with Gasteiger partial charge >= 0.3 is 0 Å². The van der Waals surface area contributed by atoms with Gasteiger partial charge in [0.25, 0.3) is 0 Å². The molecule has 2 aromatic carbocycles. The summed E-state index contributed by atoms with van der Waals surface area (Å²) in [7, 11) is 3.25. The first kappa shape index (κ1) is 17.6. The van der Waals surface area contributed by atoms with E-state index in [9.17, 15) is 10.2 Å². The van der Waals surface area contributed by atoms with Crippen molar-refractivity contribution in [2.75, 3.05) is 20.8 Å². The normalized spacial score (nSPS) is 17.2. The second-order valence-electron chi connectivity index (χ2n) is 6.61. The highest BCUT2D eigenvalue weighted by atomic mass is 16.5. The third-order valence-corrected chi connectivity index (χ3v) is 4.91. The van der Waals surface area contributed by atoms with E-state index in [1.807, 2.05) is 32.0 Å². The summed E-state index contributed by atoms with van der Waals surface area (Å²) in [5.74, 6) is 1.77. The van der Waals surface area contributed by atoms with Gasteiger partial charge in [-0.15, -0.1) is 0 Å². The Morgan fingerprint density at radius 2 is 1.76 bits per heavy atom. The topological polar surface area (TPSA) is 62.2 Å². The number of aromatic hydroxyl groups is 1. The number of methoxy groups -OCH3 is 2. The van der Waals surface area contributed by atoms with Crippen molar-refractivity contribution in [2.45, 2.75) is 33.0 Å². The highest BCUT2D eigenvalue weighted by Gasteiger charge is 2.29. The number of phenolic OH excluding ortho intramolecular Hbond substituents is 1. The lowest BCUT2D eigenvalue weighted by Gasteiger charge is -2.34. The molecule has 1 aliphatic rings. The standard InChI is InChI=1S/C20H25NO4/c1-12-8-16(22)13(2)7-14(12)9-21-10-15-18(24-3)5-6-19(25-4)20(15)17(23)11-21/h5-8,17,22-23H,9-11H2,1-4H3. The third kappa shape index (κ3) is 3.30. The Labute approximate surface area is 148 Å². The zero-order valence-corrected chi connectivity index (χ0v) is 15.2. The fraction of sp³-hybridized carbons (Fsp3) is 0.400. The fourth-order valence-electron chi connectivity index (χ4n) is 3.54. The number of ether oxygens (including phenoxy) is 2. The molecule has 0 saturated carbocycles. The molecule has 1 heterocycles. The van der Waals surface area contributed by atoms with Crippen LogP contribution in [0.1, 0.15) is 33.9 Å². The number of aryl methyl sites for hydroxylation is 2. The molecule has 1 aliphatic heterocycles. The van der Waals surface area contributed by atoms with Crippen LogP contribution in [0.5, 0.6) is 17.2 Å². The Morgan fingerprint density at radius 1 is 1.08 bits per heavy atom. The molecule has 5 nitrogen and oxygen atoms in total. The van der Waals surface area contributed by atoms with Gasteiger partial charge in [0.05, 0.1) is 20.3 Å². The lowest BCUT2D eigenvalue weighted by atomic mass is 9.94. The average molecular weight is 343 g/mol. The first-order chi connectivity index (χ1) is 11.9. The van der Waals surface area contributed by atoms with Gasteiger partial charge in [-0.25, -0.2) is 0 Å². The van der Waals surface area contributed by atoms with Gasteiger partial charge in [-0.3, -0.25) is 4.90 Å². The molecule has 25 heavy (non-hydrogen) atoms. The number of hydrogen-bond donors (Lipinski definition) is 2. The highest BCUT2D eigenvalue weighted by molar-refractivity contribution is 5.51. The number of benzene rings is 2. The van der Waals surface area contributed by atoms with Gasteiger partial charge in [-0.2, -0.15) is 0 Å². The largest absolute Gasteiger partial charge is 0.508 e. The number of rotatable bonds is 4. The van der Waals surface area contributed by atoms with E-state index >= 15 is 0 Å². The molecule has 0 radical (unpaired) electrons. The quantitative estimate of drug-likeness (QED) is 0.893. The van der Waals surface area contributed by atoms with Gasteiger partial charge in [0.1, 0.15) is 17.2 Å². The molecule has 0 bridgehead atoms. The Balaban J connectivity index is 1.92. The highest BCUT2D eigenvalue weighted by Crippen LogP contribution is 2.39. The van der Waals surface area contributed by atoms with Crippen molar-refractivity contribution in [3.05, 3.63) is 52.1 Å². The minimum absolute atomic E-state index is 0.316. The first-order valence-corrected chi connectivity index (χ1v) is 8.37. The third-order valence-electron chi connectivity index (χ3n) is 4.91. The lowest BCUT2D eigenvalue weighted by molar-refractivity contribution is 0.0842. The SMILES string of the molecule is COc1ccc(OC)c2c1CN(Cc1cc(C)c(O)cc1C)CC2O. The maximum Gasteiger partial charge on any atom is 0.125 e. The lowest BCUT2D eigenvalue weighted by Crippen LogP contribution is -2.34. The average Bonchev–Trinajstić information content (AvgIpc) is 2.58. The summed E-state index contributed by atoms with van der Waals surface area (Å²) < 4.78 is 10.9. The van der Waals surface area contributed by atoms with Crippen LogP contribution in [0.2, 0.25) is 0 Å².